The van der Waals surface area contributed by atoms with Crippen molar-refractivity contribution in [3.63, 3.8) is 0 Å². The summed E-state index contributed by atoms with van der Waals surface area (Å²) in [6.45, 7) is 8.13. The van der Waals surface area contributed by atoms with Gasteiger partial charge in [-0.15, -0.1) is 0 Å². The summed E-state index contributed by atoms with van der Waals surface area (Å²) in [5.74, 6) is 0.463. The van der Waals surface area contributed by atoms with E-state index in [0.717, 1.165) is 18.3 Å². The number of allylic oxidation sites excluding steroid dienone is 4. The molecule has 0 fully saturated rings. The molecule has 0 aliphatic carbocycles. The summed E-state index contributed by atoms with van der Waals surface area (Å²) < 4.78 is 0. The average molecular weight is 166 g/mol. The lowest BCUT2D eigenvalue weighted by Gasteiger charge is -2.02. The highest BCUT2D eigenvalue weighted by atomic mass is 16.1. The molecule has 1 atom stereocenters. The lowest BCUT2D eigenvalue weighted by Crippen LogP contribution is -1.90. The molecular formula is C11H18O. The number of hydrogen-bond donors (Lipinski definition) is 0. The van der Waals surface area contributed by atoms with Crippen LogP contribution in [0.25, 0.3) is 0 Å². The third-order valence-electron chi connectivity index (χ3n) is 1.63. The van der Waals surface area contributed by atoms with Crippen LogP contribution >= 0.6 is 0 Å². The minimum atomic E-state index is 0.463. The predicted octanol–water partition coefficient (Wildman–Crippen LogP) is 3.12. The summed E-state index contributed by atoms with van der Waals surface area (Å²) in [6, 6.07) is 0. The van der Waals surface area contributed by atoms with Crippen molar-refractivity contribution < 1.29 is 4.79 Å². The minimum absolute atomic E-state index is 0.463. The van der Waals surface area contributed by atoms with Crippen LogP contribution in [-0.4, -0.2) is 6.29 Å². The molecule has 0 amide bonds. The van der Waals surface area contributed by atoms with Crippen LogP contribution in [0.2, 0.25) is 0 Å². The highest BCUT2D eigenvalue weighted by Gasteiger charge is 1.95. The van der Waals surface area contributed by atoms with E-state index in [4.69, 9.17) is 0 Å². The van der Waals surface area contributed by atoms with Gasteiger partial charge in [0.1, 0.15) is 6.29 Å². The van der Waals surface area contributed by atoms with E-state index in [2.05, 4.69) is 26.8 Å². The lowest BCUT2D eigenvalue weighted by molar-refractivity contribution is -0.104. The van der Waals surface area contributed by atoms with Gasteiger partial charge in [-0.25, -0.2) is 0 Å². The maximum absolute atomic E-state index is 10.3. The molecule has 0 aromatic rings. The van der Waals surface area contributed by atoms with E-state index in [9.17, 15) is 4.79 Å². The molecular weight excluding hydrogens is 148 g/mol. The Balaban J connectivity index is 3.97. The van der Waals surface area contributed by atoms with Gasteiger partial charge in [-0.3, -0.25) is 4.79 Å². The van der Waals surface area contributed by atoms with Gasteiger partial charge in [-0.2, -0.15) is 0 Å². The molecule has 0 spiro atoms. The Bertz CT molecular complexity index is 195. The van der Waals surface area contributed by atoms with Gasteiger partial charge in [-0.05, 0) is 38.7 Å². The van der Waals surface area contributed by atoms with Gasteiger partial charge < -0.3 is 0 Å². The van der Waals surface area contributed by atoms with E-state index >= 15 is 0 Å². The molecule has 1 unspecified atom stereocenters. The van der Waals surface area contributed by atoms with Gasteiger partial charge >= 0.3 is 0 Å². The van der Waals surface area contributed by atoms with Crippen LogP contribution < -0.4 is 0 Å². The first-order valence-electron chi connectivity index (χ1n) is 4.33. The fourth-order valence-corrected chi connectivity index (χ4v) is 0.978. The van der Waals surface area contributed by atoms with Gasteiger partial charge in [0.25, 0.3) is 0 Å². The van der Waals surface area contributed by atoms with Crippen LogP contribution in [0, 0.1) is 5.92 Å². The average Bonchev–Trinajstić information content (AvgIpc) is 2.00. The zero-order chi connectivity index (χ0) is 9.56. The van der Waals surface area contributed by atoms with Crippen molar-refractivity contribution in [3.8, 4) is 0 Å². The van der Waals surface area contributed by atoms with Crippen molar-refractivity contribution in [3.05, 3.63) is 23.3 Å². The predicted molar refractivity (Wildman–Crippen MR) is 53.0 cm³/mol. The second kappa shape index (κ2) is 5.76. The van der Waals surface area contributed by atoms with Crippen LogP contribution in [0.4, 0.5) is 0 Å². The molecule has 1 nitrogen and oxygen atoms in total. The van der Waals surface area contributed by atoms with Crippen molar-refractivity contribution >= 4 is 6.29 Å². The molecule has 0 aromatic carbocycles. The van der Waals surface area contributed by atoms with Crippen molar-refractivity contribution in [2.75, 3.05) is 0 Å². The topological polar surface area (TPSA) is 17.1 Å². The van der Waals surface area contributed by atoms with Crippen LogP contribution in [0.15, 0.2) is 23.3 Å². The Morgan fingerprint density at radius 2 is 1.92 bits per heavy atom. The first kappa shape index (κ1) is 11.2. The molecule has 0 radical (unpaired) electrons. The van der Waals surface area contributed by atoms with Gasteiger partial charge in [0.15, 0.2) is 0 Å². The van der Waals surface area contributed by atoms with Gasteiger partial charge in [-0.1, -0.05) is 24.6 Å². The SMILES string of the molecule is CC(C)=CCC(C)C=C(C)C=O. The monoisotopic (exact) mass is 166 g/mol. The smallest absolute Gasteiger partial charge is 0.145 e. The van der Waals surface area contributed by atoms with E-state index in [1.165, 1.54) is 5.57 Å². The summed E-state index contributed by atoms with van der Waals surface area (Å²) in [7, 11) is 0. The Kier molecular flexibility index (Phi) is 5.35. The van der Waals surface area contributed by atoms with Gasteiger partial charge in [0.2, 0.25) is 0 Å². The first-order chi connectivity index (χ1) is 5.56. The zero-order valence-electron chi connectivity index (χ0n) is 8.42. The van der Waals surface area contributed by atoms with E-state index in [-0.39, 0.29) is 0 Å². The Hall–Kier alpha value is -0.850. The third-order valence-corrected chi connectivity index (χ3v) is 1.63. The molecule has 68 valence electrons. The van der Waals surface area contributed by atoms with Gasteiger partial charge in [0, 0.05) is 0 Å². The second-order valence-corrected chi connectivity index (χ2v) is 3.52. The molecule has 0 N–H and O–H groups in total. The Morgan fingerprint density at radius 3 is 2.33 bits per heavy atom. The fraction of sp³-hybridized carbons (Fsp3) is 0.545. The number of carbonyl (C=O) groups is 1. The number of aldehydes is 1. The van der Waals surface area contributed by atoms with Crippen molar-refractivity contribution in [1.82, 2.24) is 0 Å². The van der Waals surface area contributed by atoms with Crippen LogP contribution in [0.1, 0.15) is 34.1 Å². The fourth-order valence-electron chi connectivity index (χ4n) is 0.978. The number of carbonyl (C=O) groups excluding carboxylic acids is 1. The zero-order valence-corrected chi connectivity index (χ0v) is 8.42. The summed E-state index contributed by atoms with van der Waals surface area (Å²) in [6.07, 6.45) is 6.12. The summed E-state index contributed by atoms with van der Waals surface area (Å²) in [5, 5.41) is 0. The quantitative estimate of drug-likeness (QED) is 0.356. The lowest BCUT2D eigenvalue weighted by atomic mass is 10.0. The molecule has 12 heavy (non-hydrogen) atoms. The van der Waals surface area contributed by atoms with Crippen molar-refractivity contribution in [2.24, 2.45) is 5.92 Å². The molecule has 0 rings (SSSR count). The molecule has 0 aliphatic heterocycles. The second-order valence-electron chi connectivity index (χ2n) is 3.52. The molecule has 0 heterocycles. The van der Waals surface area contributed by atoms with Crippen molar-refractivity contribution in [1.29, 1.82) is 0 Å². The highest BCUT2D eigenvalue weighted by molar-refractivity contribution is 5.72. The van der Waals surface area contributed by atoms with Crippen LogP contribution in [0.5, 0.6) is 0 Å². The maximum Gasteiger partial charge on any atom is 0.145 e. The molecule has 1 heteroatoms. The molecule has 0 aliphatic rings. The molecule has 0 saturated heterocycles. The summed E-state index contributed by atoms with van der Waals surface area (Å²) in [5.41, 5.74) is 2.16. The van der Waals surface area contributed by atoms with Gasteiger partial charge in [0.05, 0.1) is 0 Å². The van der Waals surface area contributed by atoms with Crippen LogP contribution in [0.3, 0.4) is 0 Å². The van der Waals surface area contributed by atoms with E-state index in [1.807, 2.05) is 13.0 Å². The molecule has 0 bridgehead atoms. The number of rotatable bonds is 4. The molecule has 0 saturated carbocycles. The maximum atomic E-state index is 10.3. The van der Waals surface area contributed by atoms with E-state index in [0.29, 0.717) is 5.92 Å². The number of hydrogen-bond acceptors (Lipinski definition) is 1. The Labute approximate surface area is 75.2 Å². The van der Waals surface area contributed by atoms with E-state index < -0.39 is 0 Å². The van der Waals surface area contributed by atoms with Crippen LogP contribution in [-0.2, 0) is 4.79 Å². The first-order valence-corrected chi connectivity index (χ1v) is 4.33. The summed E-state index contributed by atoms with van der Waals surface area (Å²) in [4.78, 5) is 10.3. The standard InChI is InChI=1S/C11H18O/c1-9(2)5-6-10(3)7-11(4)8-12/h5,7-8,10H,6H2,1-4H3. The normalized spacial score (nSPS) is 13.8. The third kappa shape index (κ3) is 5.90. The minimum Gasteiger partial charge on any atom is -0.298 e. The summed E-state index contributed by atoms with van der Waals surface area (Å²) >= 11 is 0. The highest BCUT2D eigenvalue weighted by Crippen LogP contribution is 2.08. The van der Waals surface area contributed by atoms with Crippen molar-refractivity contribution in [2.45, 2.75) is 34.1 Å². The largest absolute Gasteiger partial charge is 0.298 e. The van der Waals surface area contributed by atoms with E-state index in [1.54, 1.807) is 0 Å². The molecule has 0 aromatic heterocycles. The Morgan fingerprint density at radius 1 is 1.33 bits per heavy atom.